The van der Waals surface area contributed by atoms with Gasteiger partial charge in [0.05, 0.1) is 18.8 Å². The molecule has 3 N–H and O–H groups in total. The molecule has 1 saturated carbocycles. The molecule has 3 rings (SSSR count). The number of aromatic nitrogens is 2. The van der Waals surface area contributed by atoms with Crippen LogP contribution in [0.2, 0.25) is 0 Å². The minimum absolute atomic E-state index is 0.0753. The topological polar surface area (TPSA) is 84.2 Å². The lowest BCUT2D eigenvalue weighted by Gasteiger charge is -2.29. The molecular weight excluding hydrogens is 232 g/mol. The summed E-state index contributed by atoms with van der Waals surface area (Å²) < 4.78 is 5.28. The number of nitrogens with zero attached hydrogens (tertiary/aromatic N) is 2. The van der Waals surface area contributed by atoms with Gasteiger partial charge in [-0.3, -0.25) is 9.78 Å². The standard InChI is InChI=1S/C12H18N4O2/c13-10-9(8-2-1-3-8)11(17)15-12(14-10)16-4-6-18-7-5-16/h8H,1-7H2,(H3,13,14,15,17). The van der Waals surface area contributed by atoms with Gasteiger partial charge in [-0.2, -0.15) is 4.98 Å². The Morgan fingerprint density at radius 1 is 1.33 bits per heavy atom. The van der Waals surface area contributed by atoms with Crippen LogP contribution in [0.15, 0.2) is 4.79 Å². The number of hydrogen-bond donors (Lipinski definition) is 2. The highest BCUT2D eigenvalue weighted by Gasteiger charge is 2.26. The van der Waals surface area contributed by atoms with Gasteiger partial charge in [0.25, 0.3) is 5.56 Å². The molecule has 0 atom stereocenters. The van der Waals surface area contributed by atoms with Crippen LogP contribution >= 0.6 is 0 Å². The van der Waals surface area contributed by atoms with Crippen LogP contribution in [0.1, 0.15) is 30.7 Å². The maximum absolute atomic E-state index is 12.1. The highest BCUT2D eigenvalue weighted by atomic mass is 16.5. The molecule has 0 amide bonds. The first kappa shape index (κ1) is 11.5. The highest BCUT2D eigenvalue weighted by Crippen LogP contribution is 2.36. The Morgan fingerprint density at radius 2 is 2.06 bits per heavy atom. The average molecular weight is 250 g/mol. The molecule has 0 spiro atoms. The Bertz CT molecular complexity index is 489. The Labute approximate surface area is 105 Å². The van der Waals surface area contributed by atoms with Gasteiger partial charge < -0.3 is 15.4 Å². The van der Waals surface area contributed by atoms with E-state index in [0.717, 1.165) is 25.9 Å². The lowest BCUT2D eigenvalue weighted by molar-refractivity contribution is 0.122. The Kier molecular flexibility index (Phi) is 2.95. The number of rotatable bonds is 2. The summed E-state index contributed by atoms with van der Waals surface area (Å²) in [7, 11) is 0. The summed E-state index contributed by atoms with van der Waals surface area (Å²) in [5, 5.41) is 0. The molecule has 6 heteroatoms. The molecule has 0 radical (unpaired) electrons. The number of nitrogens with two attached hydrogens (primary N) is 1. The zero-order chi connectivity index (χ0) is 12.5. The van der Waals surface area contributed by atoms with Crippen LogP contribution in [0.3, 0.4) is 0 Å². The van der Waals surface area contributed by atoms with Crippen molar-refractivity contribution in [2.75, 3.05) is 36.9 Å². The second-order valence-electron chi connectivity index (χ2n) is 4.92. The number of morpholine rings is 1. The Morgan fingerprint density at radius 3 is 2.61 bits per heavy atom. The molecule has 2 heterocycles. The van der Waals surface area contributed by atoms with Gasteiger partial charge in [-0.05, 0) is 18.8 Å². The van der Waals surface area contributed by atoms with E-state index in [0.29, 0.717) is 36.5 Å². The molecule has 1 aliphatic carbocycles. The van der Waals surface area contributed by atoms with Gasteiger partial charge in [0.1, 0.15) is 5.82 Å². The highest BCUT2D eigenvalue weighted by molar-refractivity contribution is 5.46. The number of ether oxygens (including phenoxy) is 1. The fourth-order valence-electron chi connectivity index (χ4n) is 2.50. The number of hydrogen-bond acceptors (Lipinski definition) is 5. The fraction of sp³-hybridized carbons (Fsp3) is 0.667. The molecular formula is C12H18N4O2. The van der Waals surface area contributed by atoms with Gasteiger partial charge in [-0.1, -0.05) is 6.42 Å². The van der Waals surface area contributed by atoms with E-state index in [1.165, 1.54) is 6.42 Å². The Hall–Kier alpha value is -1.56. The smallest absolute Gasteiger partial charge is 0.257 e. The third-order valence-corrected chi connectivity index (χ3v) is 3.80. The van der Waals surface area contributed by atoms with Crippen molar-refractivity contribution in [1.29, 1.82) is 0 Å². The second kappa shape index (κ2) is 4.61. The SMILES string of the molecule is Nc1nc(N2CCOCC2)[nH]c(=O)c1C1CCC1. The minimum Gasteiger partial charge on any atom is -0.383 e. The Balaban J connectivity index is 1.90. The summed E-state index contributed by atoms with van der Waals surface area (Å²) >= 11 is 0. The van der Waals surface area contributed by atoms with Gasteiger partial charge in [0.15, 0.2) is 0 Å². The van der Waals surface area contributed by atoms with E-state index in [2.05, 4.69) is 9.97 Å². The lowest BCUT2D eigenvalue weighted by atomic mass is 9.80. The van der Waals surface area contributed by atoms with Crippen LogP contribution in [0.4, 0.5) is 11.8 Å². The lowest BCUT2D eigenvalue weighted by Crippen LogP contribution is -2.39. The maximum atomic E-state index is 12.1. The van der Waals surface area contributed by atoms with Crippen molar-refractivity contribution in [3.05, 3.63) is 15.9 Å². The van der Waals surface area contributed by atoms with E-state index in [1.807, 2.05) is 4.90 Å². The molecule has 1 aromatic heterocycles. The van der Waals surface area contributed by atoms with Crippen molar-refractivity contribution in [3.8, 4) is 0 Å². The summed E-state index contributed by atoms with van der Waals surface area (Å²) in [6, 6.07) is 0. The van der Waals surface area contributed by atoms with Crippen molar-refractivity contribution in [3.63, 3.8) is 0 Å². The molecule has 0 aromatic carbocycles. The van der Waals surface area contributed by atoms with Crippen LogP contribution in [-0.2, 0) is 4.74 Å². The molecule has 0 unspecified atom stereocenters. The molecule has 0 bridgehead atoms. The molecule has 2 fully saturated rings. The zero-order valence-electron chi connectivity index (χ0n) is 10.3. The number of anilines is 2. The van der Waals surface area contributed by atoms with Crippen molar-refractivity contribution in [1.82, 2.24) is 9.97 Å². The van der Waals surface area contributed by atoms with Gasteiger partial charge in [-0.15, -0.1) is 0 Å². The van der Waals surface area contributed by atoms with E-state index >= 15 is 0 Å². The summed E-state index contributed by atoms with van der Waals surface area (Å²) in [5.41, 5.74) is 6.55. The third-order valence-electron chi connectivity index (χ3n) is 3.80. The molecule has 2 aliphatic rings. The van der Waals surface area contributed by atoms with Crippen LogP contribution in [0.25, 0.3) is 0 Å². The largest absolute Gasteiger partial charge is 0.383 e. The van der Waals surface area contributed by atoms with Crippen LogP contribution in [0.5, 0.6) is 0 Å². The molecule has 1 aliphatic heterocycles. The molecule has 1 aromatic rings. The summed E-state index contributed by atoms with van der Waals surface area (Å²) in [4.78, 5) is 21.3. The van der Waals surface area contributed by atoms with Crippen LogP contribution in [-0.4, -0.2) is 36.3 Å². The monoisotopic (exact) mass is 250 g/mol. The van der Waals surface area contributed by atoms with Crippen molar-refractivity contribution >= 4 is 11.8 Å². The number of nitrogens with one attached hydrogen (secondary N) is 1. The first-order valence-electron chi connectivity index (χ1n) is 6.48. The van der Waals surface area contributed by atoms with E-state index in [9.17, 15) is 4.79 Å². The van der Waals surface area contributed by atoms with Gasteiger partial charge in [0, 0.05) is 13.1 Å². The van der Waals surface area contributed by atoms with Crippen molar-refractivity contribution < 1.29 is 4.74 Å². The van der Waals surface area contributed by atoms with Gasteiger partial charge >= 0.3 is 0 Å². The maximum Gasteiger partial charge on any atom is 0.257 e. The van der Waals surface area contributed by atoms with Gasteiger partial charge in [-0.25, -0.2) is 0 Å². The van der Waals surface area contributed by atoms with Crippen LogP contribution in [0, 0.1) is 0 Å². The molecule has 1 saturated heterocycles. The summed E-state index contributed by atoms with van der Waals surface area (Å²) in [5.74, 6) is 1.27. The number of nitrogen functional groups attached to an aromatic ring is 1. The first-order valence-corrected chi connectivity index (χ1v) is 6.48. The quantitative estimate of drug-likeness (QED) is 0.796. The van der Waals surface area contributed by atoms with E-state index < -0.39 is 0 Å². The third kappa shape index (κ3) is 1.96. The zero-order valence-corrected chi connectivity index (χ0v) is 10.3. The predicted octanol–water partition coefficient (Wildman–Crippen LogP) is 0.456. The normalized spacial score (nSPS) is 20.8. The van der Waals surface area contributed by atoms with E-state index in [4.69, 9.17) is 10.5 Å². The van der Waals surface area contributed by atoms with Gasteiger partial charge in [0.2, 0.25) is 5.95 Å². The molecule has 98 valence electrons. The van der Waals surface area contributed by atoms with E-state index in [-0.39, 0.29) is 5.56 Å². The van der Waals surface area contributed by atoms with Crippen molar-refractivity contribution in [2.45, 2.75) is 25.2 Å². The summed E-state index contributed by atoms with van der Waals surface area (Å²) in [6.07, 6.45) is 3.27. The minimum atomic E-state index is -0.0753. The fourth-order valence-corrected chi connectivity index (χ4v) is 2.50. The predicted molar refractivity (Wildman–Crippen MR) is 68.9 cm³/mol. The van der Waals surface area contributed by atoms with Crippen molar-refractivity contribution in [2.24, 2.45) is 0 Å². The molecule has 18 heavy (non-hydrogen) atoms. The summed E-state index contributed by atoms with van der Waals surface area (Å²) in [6.45, 7) is 2.80. The molecule has 6 nitrogen and oxygen atoms in total. The second-order valence-corrected chi connectivity index (χ2v) is 4.92. The number of aromatic amines is 1. The average Bonchev–Trinajstić information content (AvgIpc) is 2.32. The van der Waals surface area contributed by atoms with Crippen LogP contribution < -0.4 is 16.2 Å². The first-order chi connectivity index (χ1) is 8.75. The van der Waals surface area contributed by atoms with E-state index in [1.54, 1.807) is 0 Å². The number of H-pyrrole nitrogens is 1.